The van der Waals surface area contributed by atoms with Gasteiger partial charge in [-0.25, -0.2) is 0 Å². The van der Waals surface area contributed by atoms with Crippen LogP contribution in [0.3, 0.4) is 0 Å². The Bertz CT molecular complexity index is 397. The topological polar surface area (TPSA) is 48.9 Å². The molecule has 0 aromatic rings. The van der Waals surface area contributed by atoms with Gasteiger partial charge >= 0.3 is 0 Å². The van der Waals surface area contributed by atoms with Crippen LogP contribution in [0.5, 0.6) is 0 Å². The van der Waals surface area contributed by atoms with Crippen molar-refractivity contribution in [3.63, 3.8) is 0 Å². The molecule has 2 N–H and O–H groups in total. The van der Waals surface area contributed by atoms with Crippen LogP contribution in [0.4, 0.5) is 0 Å². The number of guanidine groups is 1. The molecule has 0 radical (unpaired) electrons. The lowest BCUT2D eigenvalue weighted by Gasteiger charge is -2.37. The van der Waals surface area contributed by atoms with Crippen LogP contribution in [0.2, 0.25) is 0 Å². The number of morpholine rings is 1. The first-order chi connectivity index (χ1) is 11.5. The number of halogens is 1. The molecule has 0 spiro atoms. The second kappa shape index (κ2) is 11.9. The van der Waals surface area contributed by atoms with Gasteiger partial charge in [0.2, 0.25) is 0 Å². The lowest BCUT2D eigenvalue weighted by molar-refractivity contribution is 0.00752. The molecule has 2 rings (SSSR count). The summed E-state index contributed by atoms with van der Waals surface area (Å²) in [6, 6.07) is 0.522. The fraction of sp³-hybridized carbons (Fsp3) is 0.944. The van der Waals surface area contributed by atoms with E-state index in [1.165, 1.54) is 18.6 Å². The summed E-state index contributed by atoms with van der Waals surface area (Å²) < 4.78 is 5.82. The minimum absolute atomic E-state index is 0. The second-order valence-electron chi connectivity index (χ2n) is 7.44. The minimum atomic E-state index is 0. The van der Waals surface area contributed by atoms with E-state index in [1.807, 2.05) is 0 Å². The Hall–Kier alpha value is 0.270. The van der Waals surface area contributed by atoms with E-state index < -0.39 is 0 Å². The lowest BCUT2D eigenvalue weighted by atomic mass is 10.0. The molecule has 0 bridgehead atoms. The van der Waals surface area contributed by atoms with Gasteiger partial charge in [-0.2, -0.15) is 11.8 Å². The summed E-state index contributed by atoms with van der Waals surface area (Å²) in [5.74, 6) is 2.86. The molecular weight excluding hydrogens is 447 g/mol. The first kappa shape index (κ1) is 23.3. The molecule has 25 heavy (non-hydrogen) atoms. The zero-order chi connectivity index (χ0) is 17.4. The average Bonchev–Trinajstić information content (AvgIpc) is 3.00. The van der Waals surface area contributed by atoms with E-state index in [2.05, 4.69) is 55.0 Å². The van der Waals surface area contributed by atoms with Crippen LogP contribution >= 0.6 is 35.7 Å². The molecule has 2 atom stereocenters. The molecule has 0 aromatic heterocycles. The molecule has 2 aliphatic heterocycles. The van der Waals surface area contributed by atoms with Crippen molar-refractivity contribution in [2.75, 3.05) is 51.7 Å². The maximum absolute atomic E-state index is 5.50. The Kier molecular flexibility index (Phi) is 11.1. The maximum atomic E-state index is 5.50. The highest BCUT2D eigenvalue weighted by Gasteiger charge is 2.29. The van der Waals surface area contributed by atoms with Crippen molar-refractivity contribution in [3.8, 4) is 0 Å². The highest BCUT2D eigenvalue weighted by Crippen LogP contribution is 2.37. The number of nitrogens with one attached hydrogen (secondary N) is 2. The lowest BCUT2D eigenvalue weighted by Crippen LogP contribution is -2.52. The largest absolute Gasteiger partial charge is 0.379 e. The highest BCUT2D eigenvalue weighted by atomic mass is 127. The molecule has 0 amide bonds. The Morgan fingerprint density at radius 2 is 2.00 bits per heavy atom. The summed E-state index contributed by atoms with van der Waals surface area (Å²) in [7, 11) is 0. The highest BCUT2D eigenvalue weighted by molar-refractivity contribution is 14.0. The summed E-state index contributed by atoms with van der Waals surface area (Å²) >= 11 is 2.07. The van der Waals surface area contributed by atoms with Crippen LogP contribution in [0.25, 0.3) is 0 Å². The maximum Gasteiger partial charge on any atom is 0.191 e. The Morgan fingerprint density at radius 3 is 2.56 bits per heavy atom. The van der Waals surface area contributed by atoms with Crippen molar-refractivity contribution in [2.45, 2.75) is 51.3 Å². The first-order valence-electron chi connectivity index (χ1n) is 9.52. The van der Waals surface area contributed by atoms with Crippen LogP contribution in [0, 0.1) is 5.92 Å². The van der Waals surface area contributed by atoms with Gasteiger partial charge in [0.1, 0.15) is 0 Å². The second-order valence-corrected chi connectivity index (χ2v) is 9.12. The molecule has 5 nitrogen and oxygen atoms in total. The summed E-state index contributed by atoms with van der Waals surface area (Å²) in [6.07, 6.45) is 2.61. The van der Waals surface area contributed by atoms with E-state index in [4.69, 9.17) is 9.73 Å². The molecule has 2 unspecified atom stereocenters. The van der Waals surface area contributed by atoms with E-state index in [9.17, 15) is 0 Å². The molecular formula is C18H37IN4OS. The molecule has 7 heteroatoms. The smallest absolute Gasteiger partial charge is 0.191 e. The van der Waals surface area contributed by atoms with Crippen molar-refractivity contribution >= 4 is 41.7 Å². The Labute approximate surface area is 175 Å². The first-order valence-corrected chi connectivity index (χ1v) is 10.5. The van der Waals surface area contributed by atoms with E-state index in [-0.39, 0.29) is 24.0 Å². The van der Waals surface area contributed by atoms with Crippen LogP contribution in [-0.4, -0.2) is 73.3 Å². The van der Waals surface area contributed by atoms with Crippen LogP contribution < -0.4 is 10.6 Å². The quantitative estimate of drug-likeness (QED) is 0.331. The summed E-state index contributed by atoms with van der Waals surface area (Å²) in [5, 5.41) is 7.00. The van der Waals surface area contributed by atoms with Gasteiger partial charge in [-0.05, 0) is 38.4 Å². The van der Waals surface area contributed by atoms with Gasteiger partial charge in [-0.3, -0.25) is 9.89 Å². The van der Waals surface area contributed by atoms with Crippen molar-refractivity contribution in [1.82, 2.24) is 15.5 Å². The molecule has 0 aliphatic carbocycles. The van der Waals surface area contributed by atoms with E-state index in [1.54, 1.807) is 0 Å². The van der Waals surface area contributed by atoms with Crippen LogP contribution in [-0.2, 0) is 4.74 Å². The predicted octanol–water partition coefficient (Wildman–Crippen LogP) is 2.80. The fourth-order valence-electron chi connectivity index (χ4n) is 3.45. The minimum Gasteiger partial charge on any atom is -0.379 e. The predicted molar refractivity (Wildman–Crippen MR) is 121 cm³/mol. The number of hydrogen-bond acceptors (Lipinski definition) is 4. The van der Waals surface area contributed by atoms with Crippen molar-refractivity contribution in [1.29, 1.82) is 0 Å². The summed E-state index contributed by atoms with van der Waals surface area (Å²) in [5.41, 5.74) is 0. The molecule has 0 saturated carbocycles. The standard InChI is InChI=1S/C18H36N4OS.HI/c1-5-19-17(21-14-18(4)7-6-12-24-18)20-13-16(15(2)3)22-8-10-23-11-9-22;/h15-16H,5-14H2,1-4H3,(H2,19,20,21);1H. The van der Waals surface area contributed by atoms with Gasteiger partial charge in [0, 0.05) is 37.0 Å². The third-order valence-electron chi connectivity index (χ3n) is 4.98. The van der Waals surface area contributed by atoms with Crippen LogP contribution in [0.15, 0.2) is 4.99 Å². The molecule has 2 aliphatic rings. The SMILES string of the molecule is CCNC(=NCC1(C)CCCS1)NCC(C(C)C)N1CCOCC1.I. The monoisotopic (exact) mass is 484 g/mol. The Morgan fingerprint density at radius 1 is 1.28 bits per heavy atom. The van der Waals surface area contributed by atoms with E-state index in [0.29, 0.717) is 16.7 Å². The number of thioether (sulfide) groups is 1. The van der Waals surface area contributed by atoms with Crippen molar-refractivity contribution in [3.05, 3.63) is 0 Å². The number of ether oxygens (including phenoxy) is 1. The molecule has 0 aromatic carbocycles. The summed E-state index contributed by atoms with van der Waals surface area (Å²) in [6.45, 7) is 15.6. The molecule has 148 valence electrons. The summed E-state index contributed by atoms with van der Waals surface area (Å²) in [4.78, 5) is 7.43. The van der Waals surface area contributed by atoms with Gasteiger partial charge in [0.15, 0.2) is 5.96 Å². The van der Waals surface area contributed by atoms with Crippen molar-refractivity contribution in [2.24, 2.45) is 10.9 Å². The third kappa shape index (κ3) is 7.81. The number of nitrogens with zero attached hydrogens (tertiary/aromatic N) is 2. The van der Waals surface area contributed by atoms with Crippen molar-refractivity contribution < 1.29 is 4.74 Å². The van der Waals surface area contributed by atoms with Gasteiger partial charge in [-0.15, -0.1) is 24.0 Å². The van der Waals surface area contributed by atoms with Crippen LogP contribution in [0.1, 0.15) is 40.5 Å². The fourth-order valence-corrected chi connectivity index (χ4v) is 4.67. The zero-order valence-corrected chi connectivity index (χ0v) is 19.5. The van der Waals surface area contributed by atoms with Gasteiger partial charge in [-0.1, -0.05) is 13.8 Å². The molecule has 2 saturated heterocycles. The van der Waals surface area contributed by atoms with Gasteiger partial charge in [0.25, 0.3) is 0 Å². The van der Waals surface area contributed by atoms with E-state index >= 15 is 0 Å². The normalized spacial score (nSPS) is 26.4. The third-order valence-corrected chi connectivity index (χ3v) is 6.50. The number of aliphatic imine (C=N–C) groups is 1. The molecule has 2 heterocycles. The van der Waals surface area contributed by atoms with Gasteiger partial charge < -0.3 is 15.4 Å². The Balaban J connectivity index is 0.00000312. The average molecular weight is 484 g/mol. The number of rotatable bonds is 7. The number of hydrogen-bond donors (Lipinski definition) is 2. The van der Waals surface area contributed by atoms with Gasteiger partial charge in [0.05, 0.1) is 19.8 Å². The molecule has 2 fully saturated rings. The van der Waals surface area contributed by atoms with E-state index in [0.717, 1.165) is 51.9 Å². The zero-order valence-electron chi connectivity index (χ0n) is 16.3.